The van der Waals surface area contributed by atoms with Crippen molar-refractivity contribution in [3.05, 3.63) is 27.8 Å². The minimum absolute atomic E-state index is 0.611. The molecule has 1 aliphatic heterocycles. The maximum Gasteiger partial charge on any atom is 0.0478 e. The molecule has 0 radical (unpaired) electrons. The Balaban J connectivity index is 1.99. The van der Waals surface area contributed by atoms with Crippen molar-refractivity contribution in [3.63, 3.8) is 0 Å². The summed E-state index contributed by atoms with van der Waals surface area (Å²) in [6, 6.07) is 9.10. The van der Waals surface area contributed by atoms with Gasteiger partial charge in [0.2, 0.25) is 0 Å². The van der Waals surface area contributed by atoms with E-state index in [0.717, 1.165) is 6.54 Å². The molecule has 2 nitrogen and oxygen atoms in total. The molecule has 0 amide bonds. The van der Waals surface area contributed by atoms with E-state index in [0.29, 0.717) is 6.04 Å². The van der Waals surface area contributed by atoms with E-state index in [2.05, 4.69) is 64.1 Å². The highest BCUT2D eigenvalue weighted by atomic mass is 127. The molecule has 15 heavy (non-hydrogen) atoms. The number of nitrogens with one attached hydrogen (secondary N) is 1. The Labute approximate surface area is 105 Å². The van der Waals surface area contributed by atoms with Gasteiger partial charge in [-0.2, -0.15) is 0 Å². The van der Waals surface area contributed by atoms with Crippen LogP contribution in [0, 0.1) is 3.57 Å². The van der Waals surface area contributed by atoms with E-state index in [1.165, 1.54) is 28.6 Å². The van der Waals surface area contributed by atoms with Gasteiger partial charge >= 0.3 is 0 Å². The molecule has 1 aromatic carbocycles. The second kappa shape index (κ2) is 5.16. The van der Waals surface area contributed by atoms with Crippen LogP contribution < -0.4 is 5.32 Å². The van der Waals surface area contributed by atoms with Gasteiger partial charge in [-0.25, -0.2) is 0 Å². The number of likely N-dealkylation sites (tertiary alicyclic amines) is 1. The molecule has 1 unspecified atom stereocenters. The molecule has 1 aromatic rings. The number of anilines is 1. The third-order valence-electron chi connectivity index (χ3n) is 2.86. The first-order chi connectivity index (χ1) is 7.25. The Morgan fingerprint density at radius 3 is 2.93 bits per heavy atom. The first kappa shape index (κ1) is 11.2. The number of nitrogens with zero attached hydrogens (tertiary/aromatic N) is 1. The Hall–Kier alpha value is -0.290. The Bertz CT molecular complexity index is 327. The van der Waals surface area contributed by atoms with Crippen molar-refractivity contribution < 1.29 is 0 Å². The molecule has 1 N–H and O–H groups in total. The van der Waals surface area contributed by atoms with Crippen molar-refractivity contribution >= 4 is 28.3 Å². The van der Waals surface area contributed by atoms with Crippen LogP contribution in [0.5, 0.6) is 0 Å². The van der Waals surface area contributed by atoms with Crippen LogP contribution in [0.1, 0.15) is 12.8 Å². The summed E-state index contributed by atoms with van der Waals surface area (Å²) in [7, 11) is 2.20. The molecule has 0 bridgehead atoms. The van der Waals surface area contributed by atoms with Crippen molar-refractivity contribution in [2.24, 2.45) is 0 Å². The second-order valence-electron chi connectivity index (χ2n) is 4.23. The van der Waals surface area contributed by atoms with Gasteiger partial charge in [-0.3, -0.25) is 0 Å². The van der Waals surface area contributed by atoms with Crippen LogP contribution in [0.2, 0.25) is 0 Å². The average molecular weight is 316 g/mol. The fourth-order valence-electron chi connectivity index (χ4n) is 2.08. The summed E-state index contributed by atoms with van der Waals surface area (Å²) < 4.78 is 1.31. The molecule has 82 valence electrons. The lowest BCUT2D eigenvalue weighted by molar-refractivity contribution is 0.261. The lowest BCUT2D eigenvalue weighted by Gasteiger charge is -2.31. The number of piperidine rings is 1. The molecule has 1 aliphatic rings. The maximum atomic E-state index is 3.63. The highest BCUT2D eigenvalue weighted by Gasteiger charge is 2.17. The molecule has 1 fully saturated rings. The van der Waals surface area contributed by atoms with Crippen molar-refractivity contribution in [3.8, 4) is 0 Å². The number of benzene rings is 1. The SMILES string of the molecule is CN1CCCC(Nc2ccccc2I)C1. The minimum atomic E-state index is 0.611. The number of hydrogen-bond acceptors (Lipinski definition) is 2. The highest BCUT2D eigenvalue weighted by molar-refractivity contribution is 14.1. The zero-order chi connectivity index (χ0) is 10.7. The van der Waals surface area contributed by atoms with Crippen molar-refractivity contribution in [1.29, 1.82) is 0 Å². The van der Waals surface area contributed by atoms with Gasteiger partial charge in [0.05, 0.1) is 0 Å². The van der Waals surface area contributed by atoms with Gasteiger partial charge in [0.1, 0.15) is 0 Å². The van der Waals surface area contributed by atoms with Gasteiger partial charge < -0.3 is 10.2 Å². The minimum Gasteiger partial charge on any atom is -0.380 e. The van der Waals surface area contributed by atoms with E-state index < -0.39 is 0 Å². The fraction of sp³-hybridized carbons (Fsp3) is 0.500. The molecule has 0 aromatic heterocycles. The summed E-state index contributed by atoms with van der Waals surface area (Å²) in [6.07, 6.45) is 2.59. The molecule has 3 heteroatoms. The first-order valence-electron chi connectivity index (χ1n) is 5.45. The Kier molecular flexibility index (Phi) is 3.86. The lowest BCUT2D eigenvalue weighted by atomic mass is 10.1. The van der Waals surface area contributed by atoms with Gasteiger partial charge in [-0.15, -0.1) is 0 Å². The molecule has 0 aliphatic carbocycles. The molecule has 0 saturated carbocycles. The maximum absolute atomic E-state index is 3.63. The van der Waals surface area contributed by atoms with Crippen LogP contribution in [0.4, 0.5) is 5.69 Å². The van der Waals surface area contributed by atoms with Gasteiger partial charge in [-0.1, -0.05) is 12.1 Å². The predicted molar refractivity (Wildman–Crippen MR) is 73.3 cm³/mol. The van der Waals surface area contributed by atoms with E-state index in [4.69, 9.17) is 0 Å². The third kappa shape index (κ3) is 3.08. The van der Waals surface area contributed by atoms with Crippen LogP contribution in [0.3, 0.4) is 0 Å². The summed E-state index contributed by atoms with van der Waals surface area (Å²) in [5, 5.41) is 3.63. The standard InChI is InChI=1S/C12H17IN2/c1-15-8-4-5-10(9-15)14-12-7-3-2-6-11(12)13/h2-3,6-7,10,14H,4-5,8-9H2,1H3. The Morgan fingerprint density at radius 1 is 1.40 bits per heavy atom. The van der Waals surface area contributed by atoms with Crippen LogP contribution in [-0.4, -0.2) is 31.1 Å². The zero-order valence-corrected chi connectivity index (χ0v) is 11.2. The quantitative estimate of drug-likeness (QED) is 0.844. The van der Waals surface area contributed by atoms with Gasteiger partial charge in [-0.05, 0) is 61.2 Å². The fourth-order valence-corrected chi connectivity index (χ4v) is 2.63. The third-order valence-corrected chi connectivity index (χ3v) is 3.80. The summed E-state index contributed by atoms with van der Waals surface area (Å²) >= 11 is 2.39. The number of likely N-dealkylation sites (N-methyl/N-ethyl adjacent to an activating group) is 1. The van der Waals surface area contributed by atoms with Crippen molar-refractivity contribution in [2.75, 3.05) is 25.5 Å². The van der Waals surface area contributed by atoms with E-state index in [9.17, 15) is 0 Å². The summed E-state index contributed by atoms with van der Waals surface area (Å²) in [6.45, 7) is 2.40. The average Bonchev–Trinajstić information content (AvgIpc) is 2.22. The van der Waals surface area contributed by atoms with Crippen LogP contribution in [0.25, 0.3) is 0 Å². The number of rotatable bonds is 2. The molecular weight excluding hydrogens is 299 g/mol. The summed E-state index contributed by atoms with van der Waals surface area (Å²) in [5.41, 5.74) is 1.28. The van der Waals surface area contributed by atoms with E-state index >= 15 is 0 Å². The zero-order valence-electron chi connectivity index (χ0n) is 9.04. The Morgan fingerprint density at radius 2 is 2.20 bits per heavy atom. The molecule has 2 rings (SSSR count). The molecule has 1 atom stereocenters. The summed E-state index contributed by atoms with van der Waals surface area (Å²) in [4.78, 5) is 2.40. The number of halogens is 1. The van der Waals surface area contributed by atoms with Crippen LogP contribution in [-0.2, 0) is 0 Å². The van der Waals surface area contributed by atoms with Gasteiger partial charge in [0, 0.05) is 21.8 Å². The molecule has 0 spiro atoms. The smallest absolute Gasteiger partial charge is 0.0478 e. The molecular formula is C12H17IN2. The summed E-state index contributed by atoms with van der Waals surface area (Å²) in [5.74, 6) is 0. The largest absolute Gasteiger partial charge is 0.380 e. The topological polar surface area (TPSA) is 15.3 Å². The second-order valence-corrected chi connectivity index (χ2v) is 5.39. The van der Waals surface area contributed by atoms with Crippen LogP contribution in [0.15, 0.2) is 24.3 Å². The van der Waals surface area contributed by atoms with E-state index in [1.54, 1.807) is 0 Å². The van der Waals surface area contributed by atoms with Crippen molar-refractivity contribution in [1.82, 2.24) is 4.90 Å². The predicted octanol–water partition coefficient (Wildman–Crippen LogP) is 2.80. The van der Waals surface area contributed by atoms with E-state index in [-0.39, 0.29) is 0 Å². The van der Waals surface area contributed by atoms with Crippen LogP contribution >= 0.6 is 22.6 Å². The first-order valence-corrected chi connectivity index (χ1v) is 6.53. The monoisotopic (exact) mass is 316 g/mol. The van der Waals surface area contributed by atoms with E-state index in [1.807, 2.05) is 0 Å². The highest BCUT2D eigenvalue weighted by Crippen LogP contribution is 2.20. The van der Waals surface area contributed by atoms with Gasteiger partial charge in [0.15, 0.2) is 0 Å². The lowest BCUT2D eigenvalue weighted by Crippen LogP contribution is -2.39. The van der Waals surface area contributed by atoms with Gasteiger partial charge in [0.25, 0.3) is 0 Å². The molecule has 1 heterocycles. The molecule has 1 saturated heterocycles. The van der Waals surface area contributed by atoms with Crippen molar-refractivity contribution in [2.45, 2.75) is 18.9 Å². The normalized spacial score (nSPS) is 22.7. The number of para-hydroxylation sites is 1. The number of hydrogen-bond donors (Lipinski definition) is 1.